The molecule has 9 heteroatoms. The van der Waals surface area contributed by atoms with E-state index in [1.165, 1.54) is 29.1 Å². The average molecular weight is 455 g/mol. The van der Waals surface area contributed by atoms with E-state index in [0.717, 1.165) is 6.07 Å². The third kappa shape index (κ3) is 4.24. The van der Waals surface area contributed by atoms with Crippen molar-refractivity contribution in [1.29, 1.82) is 0 Å². The molecule has 2 aromatic rings. The lowest BCUT2D eigenvalue weighted by molar-refractivity contribution is 0.416. The summed E-state index contributed by atoms with van der Waals surface area (Å²) < 4.78 is 54.1. The van der Waals surface area contributed by atoms with Crippen LogP contribution in [0.15, 0.2) is 52.7 Å². The number of halogens is 5. The van der Waals surface area contributed by atoms with E-state index in [1.54, 1.807) is 0 Å². The molecule has 2 atom stereocenters. The first kappa shape index (κ1) is 19.9. The lowest BCUT2D eigenvalue weighted by Crippen LogP contribution is -2.22. The van der Waals surface area contributed by atoms with Crippen LogP contribution in [0, 0.1) is 5.82 Å². The molecule has 0 fully saturated rings. The van der Waals surface area contributed by atoms with Crippen molar-refractivity contribution in [3.63, 3.8) is 0 Å². The van der Waals surface area contributed by atoms with Gasteiger partial charge in [-0.25, -0.2) is 13.2 Å². The number of aromatic nitrogens is 1. The zero-order valence-electron chi connectivity index (χ0n) is 12.6. The van der Waals surface area contributed by atoms with Gasteiger partial charge in [0.15, 0.2) is 0 Å². The molecule has 0 N–H and O–H groups in total. The Kier molecular flexibility index (Phi) is 6.65. The Balaban J connectivity index is 2.73. The molecule has 0 amide bonds. The molecule has 3 nitrogen and oxygen atoms in total. The van der Waals surface area contributed by atoms with Gasteiger partial charge in [0.2, 0.25) is 10.9 Å². The minimum Gasteiger partial charge on any atom is -0.351 e. The molecule has 0 aliphatic heterocycles. The second-order valence-corrected chi connectivity index (χ2v) is 7.57. The van der Waals surface area contributed by atoms with Gasteiger partial charge < -0.3 is 4.57 Å². The van der Waals surface area contributed by atoms with Gasteiger partial charge in [0, 0.05) is 35.4 Å². The quantitative estimate of drug-likeness (QED) is 0.599. The molecule has 0 saturated heterocycles. The van der Waals surface area contributed by atoms with Gasteiger partial charge in [-0.2, -0.15) is 0 Å². The van der Waals surface area contributed by atoms with E-state index >= 15 is 0 Å². The van der Waals surface area contributed by atoms with Gasteiger partial charge in [0.05, 0.1) is 5.02 Å². The van der Waals surface area contributed by atoms with Gasteiger partial charge >= 0.3 is 0 Å². The van der Waals surface area contributed by atoms with Crippen LogP contribution >= 0.6 is 27.5 Å². The molecule has 0 spiro atoms. The number of nitrogens with zero attached hydrogens (tertiary/aromatic N) is 1. The third-order valence-corrected chi connectivity index (χ3v) is 5.38. The summed E-state index contributed by atoms with van der Waals surface area (Å²) in [5.41, 5.74) is -3.35. The Morgan fingerprint density at radius 3 is 2.64 bits per heavy atom. The summed E-state index contributed by atoms with van der Waals surface area (Å²) in [4.78, 5) is 12.2. The Bertz CT molecular complexity index is 903. The number of benzene rings is 1. The lowest BCUT2D eigenvalue weighted by Gasteiger charge is -2.13. The molecule has 0 aliphatic rings. The second kappa shape index (κ2) is 8.33. The standard InChI is InChI=1S/C16H12BrClF3NO2S/c1-9(19)16(21)25(24)13-8-22(6-5-17)7-11(15(13)23)10-3-2-4-12(20)14(10)18/h2-4,7-8,16H,1,5-6H2. The SMILES string of the molecule is C=C(F)C(F)S(=O)c1cn(CCBr)cc(-c2cccc(F)c2Cl)c1=O. The third-order valence-electron chi connectivity index (χ3n) is 3.28. The summed E-state index contributed by atoms with van der Waals surface area (Å²) in [6, 6.07) is 3.89. The average Bonchev–Trinajstić information content (AvgIpc) is 2.57. The highest BCUT2D eigenvalue weighted by Crippen LogP contribution is 2.29. The van der Waals surface area contributed by atoms with Crippen molar-refractivity contribution < 1.29 is 17.4 Å². The van der Waals surface area contributed by atoms with Crippen molar-refractivity contribution in [1.82, 2.24) is 4.57 Å². The summed E-state index contributed by atoms with van der Waals surface area (Å²) in [5, 5.41) is 0.187. The molecular formula is C16H12BrClF3NO2S. The van der Waals surface area contributed by atoms with Gasteiger partial charge in [-0.3, -0.25) is 9.00 Å². The number of rotatable bonds is 6. The van der Waals surface area contributed by atoms with Crippen molar-refractivity contribution in [3.8, 4) is 11.1 Å². The zero-order chi connectivity index (χ0) is 18.7. The van der Waals surface area contributed by atoms with Crippen LogP contribution in [0.25, 0.3) is 11.1 Å². The van der Waals surface area contributed by atoms with Crippen LogP contribution in [-0.4, -0.2) is 19.6 Å². The molecule has 1 aromatic carbocycles. The predicted molar refractivity (Wildman–Crippen MR) is 96.5 cm³/mol. The highest BCUT2D eigenvalue weighted by molar-refractivity contribution is 9.09. The largest absolute Gasteiger partial charge is 0.351 e. The van der Waals surface area contributed by atoms with Crippen LogP contribution in [-0.2, 0) is 17.3 Å². The fourth-order valence-electron chi connectivity index (χ4n) is 2.10. The van der Waals surface area contributed by atoms with Gasteiger partial charge in [-0.15, -0.1) is 0 Å². The lowest BCUT2D eigenvalue weighted by atomic mass is 10.1. The molecule has 0 bridgehead atoms. The maximum absolute atomic E-state index is 13.8. The summed E-state index contributed by atoms with van der Waals surface area (Å²) in [6.07, 6.45) is 2.56. The Morgan fingerprint density at radius 2 is 2.04 bits per heavy atom. The molecule has 1 aromatic heterocycles. The first-order valence-electron chi connectivity index (χ1n) is 6.91. The van der Waals surface area contributed by atoms with Gasteiger partial charge in [0.1, 0.15) is 27.3 Å². The summed E-state index contributed by atoms with van der Waals surface area (Å²) in [6.45, 7) is 3.12. The Labute approximate surface area is 157 Å². The second-order valence-electron chi connectivity index (χ2n) is 4.95. The molecule has 1 heterocycles. The van der Waals surface area contributed by atoms with E-state index in [2.05, 4.69) is 22.5 Å². The highest BCUT2D eigenvalue weighted by Gasteiger charge is 2.26. The van der Waals surface area contributed by atoms with E-state index in [0.29, 0.717) is 11.9 Å². The normalized spacial score (nSPS) is 13.5. The van der Waals surface area contributed by atoms with Crippen molar-refractivity contribution in [2.45, 2.75) is 16.9 Å². The first-order valence-corrected chi connectivity index (χ1v) is 9.62. The minimum absolute atomic E-state index is 0.0621. The van der Waals surface area contributed by atoms with Gasteiger partial charge in [0.25, 0.3) is 0 Å². The van der Waals surface area contributed by atoms with Gasteiger partial charge in [-0.05, 0) is 6.07 Å². The molecular weight excluding hydrogens is 443 g/mol. The Morgan fingerprint density at radius 1 is 1.36 bits per heavy atom. The van der Waals surface area contributed by atoms with E-state index in [4.69, 9.17) is 11.6 Å². The van der Waals surface area contributed by atoms with Crippen LogP contribution in [0.5, 0.6) is 0 Å². The number of aryl methyl sites for hydroxylation is 1. The topological polar surface area (TPSA) is 39.1 Å². The van der Waals surface area contributed by atoms with Crippen molar-refractivity contribution in [2.24, 2.45) is 0 Å². The fourth-order valence-corrected chi connectivity index (χ4v) is 3.73. The van der Waals surface area contributed by atoms with Crippen molar-refractivity contribution in [3.05, 3.63) is 64.1 Å². The van der Waals surface area contributed by atoms with Gasteiger partial charge in [-0.1, -0.05) is 46.2 Å². The van der Waals surface area contributed by atoms with E-state index < -0.39 is 38.3 Å². The summed E-state index contributed by atoms with van der Waals surface area (Å²) in [7, 11) is -2.61. The zero-order valence-corrected chi connectivity index (χ0v) is 15.8. The monoisotopic (exact) mass is 453 g/mol. The molecule has 25 heavy (non-hydrogen) atoms. The van der Waals surface area contributed by atoms with E-state index in [9.17, 15) is 22.2 Å². The van der Waals surface area contributed by atoms with Crippen LogP contribution < -0.4 is 5.43 Å². The van der Waals surface area contributed by atoms with Crippen LogP contribution in [0.3, 0.4) is 0 Å². The van der Waals surface area contributed by atoms with Crippen molar-refractivity contribution in [2.75, 3.05) is 5.33 Å². The fraction of sp³-hybridized carbons (Fsp3) is 0.188. The van der Waals surface area contributed by atoms with Crippen LogP contribution in [0.4, 0.5) is 13.2 Å². The first-order chi connectivity index (χ1) is 11.8. The number of pyridine rings is 1. The maximum atomic E-state index is 13.8. The number of hydrogen-bond donors (Lipinski definition) is 0. The van der Waals surface area contributed by atoms with Crippen LogP contribution in [0.1, 0.15) is 0 Å². The Hall–Kier alpha value is -1.38. The smallest absolute Gasteiger partial charge is 0.229 e. The number of hydrogen-bond acceptors (Lipinski definition) is 2. The molecule has 0 radical (unpaired) electrons. The van der Waals surface area contributed by atoms with E-state index in [1.807, 2.05) is 0 Å². The molecule has 0 saturated carbocycles. The number of alkyl halides is 2. The maximum Gasteiger partial charge on any atom is 0.229 e. The van der Waals surface area contributed by atoms with E-state index in [-0.39, 0.29) is 16.1 Å². The molecule has 134 valence electrons. The molecule has 0 aliphatic carbocycles. The summed E-state index contributed by atoms with van der Waals surface area (Å²) >= 11 is 9.13. The van der Waals surface area contributed by atoms with Crippen molar-refractivity contribution >= 4 is 38.3 Å². The highest BCUT2D eigenvalue weighted by atomic mass is 79.9. The molecule has 2 rings (SSSR count). The predicted octanol–water partition coefficient (Wildman–Crippen LogP) is 4.59. The molecule has 2 unspecified atom stereocenters. The summed E-state index contributed by atoms with van der Waals surface area (Å²) in [5.74, 6) is -2.18. The minimum atomic E-state index is -2.61. The van der Waals surface area contributed by atoms with Crippen LogP contribution in [0.2, 0.25) is 5.02 Å².